The van der Waals surface area contributed by atoms with E-state index in [4.69, 9.17) is 0 Å². The molecule has 1 aliphatic carbocycles. The van der Waals surface area contributed by atoms with Gasteiger partial charge in [0.25, 0.3) is 5.91 Å². The molecular weight excluding hydrogens is 322 g/mol. The molecule has 1 amide bonds. The van der Waals surface area contributed by atoms with E-state index >= 15 is 0 Å². The second kappa shape index (κ2) is 7.85. The van der Waals surface area contributed by atoms with Gasteiger partial charge in [-0.25, -0.2) is 9.97 Å². The molecular formula is C18H23N3O2S. The first-order valence-electron chi connectivity index (χ1n) is 8.48. The summed E-state index contributed by atoms with van der Waals surface area (Å²) in [5.41, 5.74) is 0.407. The average molecular weight is 345 g/mol. The van der Waals surface area contributed by atoms with Gasteiger partial charge in [0.15, 0.2) is 0 Å². The number of nitrogens with one attached hydrogen (secondary N) is 1. The number of thiophene rings is 1. The third kappa shape index (κ3) is 4.19. The van der Waals surface area contributed by atoms with Crippen LogP contribution in [0.3, 0.4) is 0 Å². The molecule has 1 saturated carbocycles. The van der Waals surface area contributed by atoms with Gasteiger partial charge in [0.1, 0.15) is 11.5 Å². The Morgan fingerprint density at radius 3 is 2.92 bits per heavy atom. The smallest absolute Gasteiger partial charge is 0.270 e. The minimum absolute atomic E-state index is 0.139. The second-order valence-corrected chi connectivity index (χ2v) is 7.40. The predicted molar refractivity (Wildman–Crippen MR) is 94.1 cm³/mol. The minimum Gasteiger partial charge on any atom is -0.387 e. The molecule has 5 nitrogen and oxygen atoms in total. The Bertz CT molecular complexity index is 669. The maximum Gasteiger partial charge on any atom is 0.270 e. The Morgan fingerprint density at radius 2 is 2.21 bits per heavy atom. The van der Waals surface area contributed by atoms with Gasteiger partial charge in [-0.3, -0.25) is 4.79 Å². The van der Waals surface area contributed by atoms with Gasteiger partial charge >= 0.3 is 0 Å². The topological polar surface area (TPSA) is 75.1 Å². The van der Waals surface area contributed by atoms with Crippen LogP contribution >= 0.6 is 11.3 Å². The summed E-state index contributed by atoms with van der Waals surface area (Å²) >= 11 is 1.52. The summed E-state index contributed by atoms with van der Waals surface area (Å²) in [6, 6.07) is 5.33. The fourth-order valence-corrected chi connectivity index (χ4v) is 3.89. The number of aliphatic hydroxyl groups is 1. The summed E-state index contributed by atoms with van der Waals surface area (Å²) in [6.07, 6.45) is 6.22. The van der Waals surface area contributed by atoms with E-state index in [1.165, 1.54) is 24.2 Å². The highest BCUT2D eigenvalue weighted by Gasteiger charge is 2.22. The minimum atomic E-state index is -0.556. The zero-order valence-corrected chi connectivity index (χ0v) is 14.6. The lowest BCUT2D eigenvalue weighted by atomic mass is 10.1. The van der Waals surface area contributed by atoms with Crippen LogP contribution in [0.1, 0.15) is 72.2 Å². The number of aliphatic hydroxyl groups excluding tert-OH is 1. The summed E-state index contributed by atoms with van der Waals surface area (Å²) in [6.45, 7) is 1.90. The van der Waals surface area contributed by atoms with Crippen LogP contribution < -0.4 is 5.32 Å². The molecule has 2 aromatic heterocycles. The number of carbonyl (C=O) groups is 1. The largest absolute Gasteiger partial charge is 0.387 e. The van der Waals surface area contributed by atoms with E-state index < -0.39 is 6.10 Å². The number of hydrogen-bond acceptors (Lipinski definition) is 5. The summed E-state index contributed by atoms with van der Waals surface area (Å²) in [4.78, 5) is 22.1. The highest BCUT2D eigenvalue weighted by Crippen LogP contribution is 2.31. The summed E-state index contributed by atoms with van der Waals surface area (Å²) in [7, 11) is 0. The van der Waals surface area contributed by atoms with Gasteiger partial charge in [-0.2, -0.15) is 0 Å². The van der Waals surface area contributed by atoms with E-state index in [1.54, 1.807) is 12.3 Å². The number of rotatable bonds is 6. The van der Waals surface area contributed by atoms with Crippen molar-refractivity contribution in [2.75, 3.05) is 0 Å². The van der Waals surface area contributed by atoms with E-state index in [9.17, 15) is 9.90 Å². The molecule has 0 radical (unpaired) electrons. The van der Waals surface area contributed by atoms with Crippen molar-refractivity contribution in [1.82, 2.24) is 15.3 Å². The lowest BCUT2D eigenvalue weighted by Crippen LogP contribution is -2.34. The predicted octanol–water partition coefficient (Wildman–Crippen LogP) is 3.44. The van der Waals surface area contributed by atoms with Crippen molar-refractivity contribution in [3.63, 3.8) is 0 Å². The number of aromatic nitrogens is 2. The maximum absolute atomic E-state index is 12.4. The van der Waals surface area contributed by atoms with Gasteiger partial charge in [-0.1, -0.05) is 18.9 Å². The SMILES string of the molecule is CC(CC(O)c1cccs1)NC(=O)c1ccnc(C2CCCC2)n1. The standard InChI is InChI=1S/C18H23N3O2S/c1-12(11-15(22)16-7-4-10-24-16)20-18(23)14-8-9-19-17(21-14)13-5-2-3-6-13/h4,7-10,12-13,15,22H,2-3,5-6,11H2,1H3,(H,20,23). The molecule has 2 unspecified atom stereocenters. The number of amides is 1. The van der Waals surface area contributed by atoms with Crippen LogP contribution in [0.15, 0.2) is 29.8 Å². The molecule has 6 heteroatoms. The van der Waals surface area contributed by atoms with Gasteiger partial charge in [0.2, 0.25) is 0 Å². The zero-order chi connectivity index (χ0) is 16.9. The van der Waals surface area contributed by atoms with Crippen LogP contribution in [-0.2, 0) is 0 Å². The van der Waals surface area contributed by atoms with E-state index in [0.717, 1.165) is 23.5 Å². The normalized spacial score (nSPS) is 17.6. The van der Waals surface area contributed by atoms with Gasteiger partial charge in [0.05, 0.1) is 6.10 Å². The molecule has 0 aromatic carbocycles. The highest BCUT2D eigenvalue weighted by molar-refractivity contribution is 7.10. The fourth-order valence-electron chi connectivity index (χ4n) is 3.17. The summed E-state index contributed by atoms with van der Waals surface area (Å²) in [5, 5.41) is 15.0. The highest BCUT2D eigenvalue weighted by atomic mass is 32.1. The lowest BCUT2D eigenvalue weighted by molar-refractivity contribution is 0.0912. The molecule has 2 N–H and O–H groups in total. The molecule has 128 valence electrons. The monoisotopic (exact) mass is 345 g/mol. The second-order valence-electron chi connectivity index (χ2n) is 6.42. The average Bonchev–Trinajstić information content (AvgIpc) is 3.28. The Labute approximate surface area is 146 Å². The first-order chi connectivity index (χ1) is 11.6. The number of nitrogens with zero attached hydrogens (tertiary/aromatic N) is 2. The van der Waals surface area contributed by atoms with Crippen LogP contribution in [0.25, 0.3) is 0 Å². The molecule has 0 spiro atoms. The Hall–Kier alpha value is -1.79. The molecule has 1 fully saturated rings. The van der Waals surface area contributed by atoms with E-state index in [1.807, 2.05) is 24.4 Å². The van der Waals surface area contributed by atoms with Gasteiger partial charge in [-0.05, 0) is 43.7 Å². The molecule has 1 aliphatic rings. The van der Waals surface area contributed by atoms with Crippen LogP contribution in [0.5, 0.6) is 0 Å². The quantitative estimate of drug-likeness (QED) is 0.841. The maximum atomic E-state index is 12.4. The Morgan fingerprint density at radius 1 is 1.42 bits per heavy atom. The van der Waals surface area contributed by atoms with Crippen molar-refractivity contribution in [2.45, 2.75) is 57.1 Å². The van der Waals surface area contributed by atoms with Crippen LogP contribution in [0, 0.1) is 0 Å². The Balaban J connectivity index is 1.59. The molecule has 0 bridgehead atoms. The lowest BCUT2D eigenvalue weighted by Gasteiger charge is -2.17. The van der Waals surface area contributed by atoms with Crippen molar-refractivity contribution < 1.29 is 9.90 Å². The van der Waals surface area contributed by atoms with Gasteiger partial charge in [-0.15, -0.1) is 11.3 Å². The van der Waals surface area contributed by atoms with E-state index in [0.29, 0.717) is 18.0 Å². The fraction of sp³-hybridized carbons (Fsp3) is 0.500. The van der Waals surface area contributed by atoms with E-state index in [-0.39, 0.29) is 11.9 Å². The summed E-state index contributed by atoms with van der Waals surface area (Å²) < 4.78 is 0. The molecule has 2 heterocycles. The number of hydrogen-bond donors (Lipinski definition) is 2. The Kier molecular flexibility index (Phi) is 5.58. The number of carbonyl (C=O) groups excluding carboxylic acids is 1. The summed E-state index contributed by atoms with van der Waals surface area (Å²) in [5.74, 6) is 0.963. The van der Waals surface area contributed by atoms with Gasteiger partial charge in [0, 0.05) is 23.0 Å². The third-order valence-corrected chi connectivity index (χ3v) is 5.43. The molecule has 0 aliphatic heterocycles. The van der Waals surface area contributed by atoms with Crippen LogP contribution in [-0.4, -0.2) is 27.0 Å². The molecule has 3 rings (SSSR count). The van der Waals surface area contributed by atoms with Gasteiger partial charge < -0.3 is 10.4 Å². The van der Waals surface area contributed by atoms with Crippen molar-refractivity contribution in [1.29, 1.82) is 0 Å². The third-order valence-electron chi connectivity index (χ3n) is 4.45. The van der Waals surface area contributed by atoms with Crippen molar-refractivity contribution in [3.05, 3.63) is 46.2 Å². The van der Waals surface area contributed by atoms with Crippen LogP contribution in [0.2, 0.25) is 0 Å². The van der Waals surface area contributed by atoms with E-state index in [2.05, 4.69) is 15.3 Å². The van der Waals surface area contributed by atoms with Crippen molar-refractivity contribution >= 4 is 17.2 Å². The zero-order valence-electron chi connectivity index (χ0n) is 13.8. The molecule has 2 aromatic rings. The van der Waals surface area contributed by atoms with Crippen LogP contribution in [0.4, 0.5) is 0 Å². The van der Waals surface area contributed by atoms with Crippen molar-refractivity contribution in [3.8, 4) is 0 Å². The van der Waals surface area contributed by atoms with Crippen molar-refractivity contribution in [2.24, 2.45) is 0 Å². The molecule has 2 atom stereocenters. The molecule has 0 saturated heterocycles. The first kappa shape index (κ1) is 17.0. The molecule has 24 heavy (non-hydrogen) atoms. The first-order valence-corrected chi connectivity index (χ1v) is 9.36.